The van der Waals surface area contributed by atoms with Crippen LogP contribution in [0.5, 0.6) is 0 Å². The molecule has 1 amide bonds. The summed E-state index contributed by atoms with van der Waals surface area (Å²) < 4.78 is 18.8. The number of anilines is 2. The van der Waals surface area contributed by atoms with E-state index >= 15 is 4.39 Å². The van der Waals surface area contributed by atoms with E-state index in [1.807, 2.05) is 69.7 Å². The normalized spacial score (nSPS) is 18.0. The molecule has 0 bridgehead atoms. The Morgan fingerprint density at radius 2 is 1.89 bits per heavy atom. The lowest BCUT2D eigenvalue weighted by Crippen LogP contribution is -2.61. The Hall–Kier alpha value is -5.13. The van der Waals surface area contributed by atoms with Gasteiger partial charge in [0.15, 0.2) is 11.5 Å². The molecular formula is C34H36FN9O2. The van der Waals surface area contributed by atoms with Crippen molar-refractivity contribution in [2.75, 3.05) is 36.5 Å². The lowest BCUT2D eigenvalue weighted by molar-refractivity contribution is -0.128. The number of carbonyl (C=O) groups excluding carboxylic acids is 1. The molecule has 7 rings (SSSR count). The van der Waals surface area contributed by atoms with Crippen LogP contribution in [-0.2, 0) is 4.79 Å². The minimum absolute atomic E-state index is 0.0168. The minimum Gasteiger partial charge on any atom is -0.369 e. The molecular weight excluding hydrogens is 585 g/mol. The number of aromatic nitrogens is 6. The van der Waals surface area contributed by atoms with Crippen molar-refractivity contribution >= 4 is 39.3 Å². The highest BCUT2D eigenvalue weighted by Gasteiger charge is 2.40. The molecule has 2 unspecified atom stereocenters. The van der Waals surface area contributed by atoms with Gasteiger partial charge in [0.2, 0.25) is 5.91 Å². The summed E-state index contributed by atoms with van der Waals surface area (Å²) in [4.78, 5) is 47.3. The predicted octanol–water partition coefficient (Wildman–Crippen LogP) is 4.64. The van der Waals surface area contributed by atoms with Gasteiger partial charge < -0.3 is 14.7 Å². The van der Waals surface area contributed by atoms with Crippen molar-refractivity contribution in [1.29, 1.82) is 0 Å². The number of hydrogen-bond donors (Lipinski definition) is 1. The fourth-order valence-electron chi connectivity index (χ4n) is 7.14. The summed E-state index contributed by atoms with van der Waals surface area (Å²) in [6.07, 6.45) is 4.72. The molecule has 5 aromatic rings. The Labute approximate surface area is 265 Å². The molecule has 4 aromatic heterocycles. The van der Waals surface area contributed by atoms with Crippen molar-refractivity contribution in [3.63, 3.8) is 0 Å². The quantitative estimate of drug-likeness (QED) is 0.289. The summed E-state index contributed by atoms with van der Waals surface area (Å²) in [6, 6.07) is 5.20. The van der Waals surface area contributed by atoms with Crippen molar-refractivity contribution in [2.45, 2.75) is 52.6 Å². The van der Waals surface area contributed by atoms with Gasteiger partial charge in [0, 0.05) is 49.9 Å². The first-order valence-corrected chi connectivity index (χ1v) is 15.5. The number of amides is 1. The predicted molar refractivity (Wildman–Crippen MR) is 177 cm³/mol. The van der Waals surface area contributed by atoms with Gasteiger partial charge in [0.1, 0.15) is 11.5 Å². The van der Waals surface area contributed by atoms with E-state index in [1.54, 1.807) is 17.3 Å². The van der Waals surface area contributed by atoms with Crippen LogP contribution in [-0.4, -0.2) is 79.3 Å². The number of aromatic amines is 1. The van der Waals surface area contributed by atoms with Gasteiger partial charge in [-0.3, -0.25) is 14.9 Å². The maximum absolute atomic E-state index is 17.3. The smallest absolute Gasteiger partial charge is 0.355 e. The summed E-state index contributed by atoms with van der Waals surface area (Å²) in [7, 11) is 1.84. The van der Waals surface area contributed by atoms with E-state index in [-0.39, 0.29) is 29.6 Å². The Bertz CT molecular complexity index is 2140. The number of halogens is 1. The van der Waals surface area contributed by atoms with Gasteiger partial charge in [-0.1, -0.05) is 26.5 Å². The highest BCUT2D eigenvalue weighted by molar-refractivity contribution is 6.04. The summed E-state index contributed by atoms with van der Waals surface area (Å²) in [5.74, 6) is -0.338. The van der Waals surface area contributed by atoms with Crippen LogP contribution in [0.1, 0.15) is 43.5 Å². The lowest BCUT2D eigenvalue weighted by Gasteiger charge is -2.45. The average molecular weight is 622 g/mol. The molecule has 0 spiro atoms. The Balaban J connectivity index is 1.62. The largest absolute Gasteiger partial charge is 0.369 e. The Morgan fingerprint density at radius 3 is 2.63 bits per heavy atom. The van der Waals surface area contributed by atoms with Gasteiger partial charge in [-0.15, -0.1) is 0 Å². The minimum atomic E-state index is -0.532. The molecule has 2 aliphatic rings. The third-order valence-electron chi connectivity index (χ3n) is 9.35. The SMILES string of the molecule is C=CC(=O)N1CC2CN(C)c3c(F)c(-c4c(C)ccc5[nH]ncc45)nc4c3c(nc(=O)n4-c3c(C)ccnc3C(C)C)N2CC1C. The third kappa shape index (κ3) is 4.30. The molecule has 1 saturated heterocycles. The fourth-order valence-corrected chi connectivity index (χ4v) is 7.14. The van der Waals surface area contributed by atoms with Crippen LogP contribution >= 0.6 is 0 Å². The van der Waals surface area contributed by atoms with Crippen LogP contribution in [0.2, 0.25) is 0 Å². The number of likely N-dealkylation sites (N-methyl/N-ethyl adjacent to an activating group) is 1. The highest BCUT2D eigenvalue weighted by Crippen LogP contribution is 2.44. The van der Waals surface area contributed by atoms with Crippen molar-refractivity contribution < 1.29 is 9.18 Å². The number of benzene rings is 1. The number of carbonyl (C=O) groups is 1. The molecule has 0 radical (unpaired) electrons. The topological polar surface area (TPSA) is 116 Å². The zero-order chi connectivity index (χ0) is 32.6. The van der Waals surface area contributed by atoms with Gasteiger partial charge in [-0.2, -0.15) is 10.1 Å². The van der Waals surface area contributed by atoms with Crippen LogP contribution in [0.25, 0.3) is 38.9 Å². The number of nitrogens with one attached hydrogen (secondary N) is 1. The molecule has 11 nitrogen and oxygen atoms in total. The average Bonchev–Trinajstić information content (AvgIpc) is 3.46. The third-order valence-corrected chi connectivity index (χ3v) is 9.35. The van der Waals surface area contributed by atoms with Crippen molar-refractivity contribution in [1.82, 2.24) is 34.6 Å². The fraction of sp³-hybridized carbons (Fsp3) is 0.353. The standard InChI is InChI=1S/C34H36FN9O2/c1-8-24(45)42-16-21-15-41(7)31-26-32(43(21)14-20(42)6)39-34(46)44(30-19(5)11-12-36-28(30)17(2)3)33(26)38-29(27(31)35)25-18(4)9-10-23-22(25)13-37-40-23/h8-13,17,20-21H,1,14-16H2,2-7H3,(H,37,40). The molecule has 6 heterocycles. The maximum Gasteiger partial charge on any atom is 0.355 e. The lowest BCUT2D eigenvalue weighted by atomic mass is 9.99. The summed E-state index contributed by atoms with van der Waals surface area (Å²) in [5, 5.41) is 8.37. The zero-order valence-electron chi connectivity index (χ0n) is 26.8. The van der Waals surface area contributed by atoms with Crippen LogP contribution in [0.15, 0.2) is 48.0 Å². The van der Waals surface area contributed by atoms with E-state index in [9.17, 15) is 9.59 Å². The maximum atomic E-state index is 17.3. The van der Waals surface area contributed by atoms with Gasteiger partial charge >= 0.3 is 5.69 Å². The molecule has 0 aliphatic carbocycles. The van der Waals surface area contributed by atoms with Crippen molar-refractivity contribution in [3.05, 3.63) is 76.4 Å². The second-order valence-electron chi connectivity index (χ2n) is 12.7. The summed E-state index contributed by atoms with van der Waals surface area (Å²) in [5.41, 5.74) is 4.47. The number of nitrogens with zero attached hydrogens (tertiary/aromatic N) is 8. The number of aryl methyl sites for hydroxylation is 2. The molecule has 236 valence electrons. The summed E-state index contributed by atoms with van der Waals surface area (Å²) >= 11 is 0. The van der Waals surface area contributed by atoms with E-state index < -0.39 is 11.5 Å². The second-order valence-corrected chi connectivity index (χ2v) is 12.7. The Morgan fingerprint density at radius 1 is 1.11 bits per heavy atom. The Kier molecular flexibility index (Phi) is 6.91. The number of fused-ring (bicyclic) bond motifs is 3. The van der Waals surface area contributed by atoms with Crippen LogP contribution in [0, 0.1) is 19.7 Å². The first kappa shape index (κ1) is 29.6. The van der Waals surface area contributed by atoms with Crippen LogP contribution in [0.4, 0.5) is 15.9 Å². The van der Waals surface area contributed by atoms with E-state index in [0.717, 1.165) is 22.0 Å². The van der Waals surface area contributed by atoms with Gasteiger partial charge in [-0.25, -0.2) is 18.7 Å². The summed E-state index contributed by atoms with van der Waals surface area (Å²) in [6.45, 7) is 14.7. The number of pyridine rings is 2. The molecule has 0 saturated carbocycles. The van der Waals surface area contributed by atoms with E-state index in [1.165, 1.54) is 10.6 Å². The highest BCUT2D eigenvalue weighted by atomic mass is 19.1. The van der Waals surface area contributed by atoms with E-state index in [2.05, 4.69) is 26.7 Å². The molecule has 1 N–H and O–H groups in total. The van der Waals surface area contributed by atoms with Crippen LogP contribution in [0.3, 0.4) is 0 Å². The number of piperazine rings is 1. The number of hydrogen-bond acceptors (Lipinski definition) is 8. The van der Waals surface area contributed by atoms with Gasteiger partial charge in [0.05, 0.1) is 40.2 Å². The first-order chi connectivity index (χ1) is 22.0. The number of H-pyrrole nitrogens is 1. The van der Waals surface area contributed by atoms with Crippen molar-refractivity contribution in [2.24, 2.45) is 0 Å². The van der Waals surface area contributed by atoms with Gasteiger partial charge in [-0.05, 0) is 56.0 Å². The molecule has 12 heteroatoms. The monoisotopic (exact) mass is 621 g/mol. The van der Waals surface area contributed by atoms with Crippen LogP contribution < -0.4 is 15.5 Å². The van der Waals surface area contributed by atoms with Crippen molar-refractivity contribution in [3.8, 4) is 16.9 Å². The molecule has 1 aromatic carbocycles. The second kappa shape index (κ2) is 10.7. The molecule has 2 aliphatic heterocycles. The molecule has 46 heavy (non-hydrogen) atoms. The molecule has 1 fully saturated rings. The number of rotatable bonds is 4. The molecule has 2 atom stereocenters. The van der Waals surface area contributed by atoms with E-state index in [4.69, 9.17) is 4.98 Å². The van der Waals surface area contributed by atoms with E-state index in [0.29, 0.717) is 59.1 Å². The van der Waals surface area contributed by atoms with Gasteiger partial charge in [0.25, 0.3) is 0 Å². The first-order valence-electron chi connectivity index (χ1n) is 15.5. The zero-order valence-corrected chi connectivity index (χ0v) is 26.8.